The maximum atomic E-state index is 11.5. The molecular formula is C11H13ClN2O4. The number of ether oxygens (including phenoxy) is 2. The number of hydrogen-bond donors (Lipinski definition) is 2. The molecule has 0 aromatic heterocycles. The van der Waals surface area contributed by atoms with Gasteiger partial charge in [-0.1, -0.05) is 11.6 Å². The molecule has 0 aliphatic carbocycles. The van der Waals surface area contributed by atoms with Crippen molar-refractivity contribution >= 4 is 34.9 Å². The molecule has 0 aliphatic heterocycles. The van der Waals surface area contributed by atoms with E-state index in [-0.39, 0.29) is 33.6 Å². The van der Waals surface area contributed by atoms with E-state index in [0.717, 1.165) is 0 Å². The molecule has 1 rings (SSSR count). The second-order valence-corrected chi connectivity index (χ2v) is 3.81. The van der Waals surface area contributed by atoms with Crippen molar-refractivity contribution in [2.75, 3.05) is 25.3 Å². The smallest absolute Gasteiger partial charge is 0.341 e. The largest absolute Gasteiger partial charge is 0.494 e. The quantitative estimate of drug-likeness (QED) is 0.645. The lowest BCUT2D eigenvalue weighted by atomic mass is 10.1. The molecule has 0 saturated heterocycles. The Morgan fingerprint density at radius 1 is 1.39 bits per heavy atom. The summed E-state index contributed by atoms with van der Waals surface area (Å²) in [5.41, 5.74) is 6.17. The number of nitrogens with one attached hydrogen (secondary N) is 1. The van der Waals surface area contributed by atoms with Crippen molar-refractivity contribution in [1.29, 1.82) is 0 Å². The number of methoxy groups -OCH3 is 2. The van der Waals surface area contributed by atoms with Crippen LogP contribution in [0, 0.1) is 0 Å². The van der Waals surface area contributed by atoms with Crippen LogP contribution in [0.3, 0.4) is 0 Å². The Hall–Kier alpha value is -1.95. The molecule has 0 saturated carbocycles. The average Bonchev–Trinajstić information content (AvgIpc) is 2.32. The van der Waals surface area contributed by atoms with Gasteiger partial charge in [-0.2, -0.15) is 0 Å². The number of hydrogen-bond acceptors (Lipinski definition) is 5. The highest BCUT2D eigenvalue weighted by molar-refractivity contribution is 6.35. The number of carbonyl (C=O) groups excluding carboxylic acids is 2. The van der Waals surface area contributed by atoms with Crippen molar-refractivity contribution in [1.82, 2.24) is 0 Å². The molecule has 0 bridgehead atoms. The zero-order chi connectivity index (χ0) is 13.9. The minimum atomic E-state index is -0.630. The van der Waals surface area contributed by atoms with Gasteiger partial charge in [-0.3, -0.25) is 4.79 Å². The number of benzene rings is 1. The van der Waals surface area contributed by atoms with Gasteiger partial charge in [-0.25, -0.2) is 4.79 Å². The SMILES string of the molecule is COC(=O)c1cc(Cl)c(NC(C)=O)c(N)c1OC. The molecule has 7 heteroatoms. The van der Waals surface area contributed by atoms with Crippen LogP contribution in [0.4, 0.5) is 11.4 Å². The highest BCUT2D eigenvalue weighted by Gasteiger charge is 2.21. The van der Waals surface area contributed by atoms with Crippen LogP contribution in [0.2, 0.25) is 5.02 Å². The Bertz CT molecular complexity index is 502. The van der Waals surface area contributed by atoms with Gasteiger partial charge in [0.15, 0.2) is 5.75 Å². The van der Waals surface area contributed by atoms with E-state index in [1.807, 2.05) is 0 Å². The van der Waals surface area contributed by atoms with Crippen LogP contribution in [-0.2, 0) is 9.53 Å². The minimum Gasteiger partial charge on any atom is -0.494 e. The maximum absolute atomic E-state index is 11.5. The molecule has 0 spiro atoms. The van der Waals surface area contributed by atoms with Crippen molar-refractivity contribution in [2.45, 2.75) is 6.92 Å². The minimum absolute atomic E-state index is 0.0700. The first-order valence-corrected chi connectivity index (χ1v) is 5.32. The van der Waals surface area contributed by atoms with E-state index in [9.17, 15) is 9.59 Å². The summed E-state index contributed by atoms with van der Waals surface area (Å²) >= 11 is 5.95. The third-order valence-corrected chi connectivity index (χ3v) is 2.48. The van der Waals surface area contributed by atoms with E-state index in [1.54, 1.807) is 0 Å². The van der Waals surface area contributed by atoms with E-state index in [1.165, 1.54) is 27.2 Å². The van der Waals surface area contributed by atoms with Gasteiger partial charge in [0.2, 0.25) is 5.91 Å². The van der Waals surface area contributed by atoms with E-state index in [0.29, 0.717) is 0 Å². The summed E-state index contributed by atoms with van der Waals surface area (Å²) in [6.07, 6.45) is 0. The third-order valence-electron chi connectivity index (χ3n) is 2.18. The highest BCUT2D eigenvalue weighted by atomic mass is 35.5. The zero-order valence-corrected chi connectivity index (χ0v) is 10.9. The second kappa shape index (κ2) is 5.59. The van der Waals surface area contributed by atoms with Gasteiger partial charge in [-0.15, -0.1) is 0 Å². The lowest BCUT2D eigenvalue weighted by Crippen LogP contribution is -2.12. The monoisotopic (exact) mass is 272 g/mol. The number of amides is 1. The Morgan fingerprint density at radius 3 is 2.44 bits per heavy atom. The molecule has 0 atom stereocenters. The van der Waals surface area contributed by atoms with Gasteiger partial charge in [0.05, 0.1) is 24.9 Å². The number of carbonyl (C=O) groups is 2. The lowest BCUT2D eigenvalue weighted by molar-refractivity contribution is -0.114. The van der Waals surface area contributed by atoms with Gasteiger partial charge < -0.3 is 20.5 Å². The van der Waals surface area contributed by atoms with Crippen molar-refractivity contribution in [2.24, 2.45) is 0 Å². The van der Waals surface area contributed by atoms with Crippen LogP contribution in [0.1, 0.15) is 17.3 Å². The first kappa shape index (κ1) is 14.1. The van der Waals surface area contributed by atoms with Crippen LogP contribution in [0.15, 0.2) is 6.07 Å². The molecule has 3 N–H and O–H groups in total. The predicted octanol–water partition coefficient (Wildman–Crippen LogP) is 1.68. The molecule has 6 nitrogen and oxygen atoms in total. The molecule has 0 unspecified atom stereocenters. The predicted molar refractivity (Wildman–Crippen MR) is 68.1 cm³/mol. The molecule has 0 aliphatic rings. The Morgan fingerprint density at radius 2 is 2.00 bits per heavy atom. The number of esters is 1. The third kappa shape index (κ3) is 2.65. The second-order valence-electron chi connectivity index (χ2n) is 3.40. The number of rotatable bonds is 3. The van der Waals surface area contributed by atoms with Gasteiger partial charge in [0.25, 0.3) is 0 Å². The Labute approximate surface area is 109 Å². The summed E-state index contributed by atoms with van der Waals surface area (Å²) in [6, 6.07) is 1.33. The summed E-state index contributed by atoms with van der Waals surface area (Å²) < 4.78 is 9.63. The molecule has 1 aromatic carbocycles. The van der Waals surface area contributed by atoms with E-state index < -0.39 is 5.97 Å². The van der Waals surface area contributed by atoms with Crippen LogP contribution in [0.5, 0.6) is 5.75 Å². The fraction of sp³-hybridized carbons (Fsp3) is 0.273. The van der Waals surface area contributed by atoms with E-state index in [2.05, 4.69) is 10.1 Å². The number of anilines is 2. The maximum Gasteiger partial charge on any atom is 0.341 e. The summed E-state index contributed by atoms with van der Waals surface area (Å²) in [4.78, 5) is 22.6. The lowest BCUT2D eigenvalue weighted by Gasteiger charge is -2.15. The first-order chi connectivity index (χ1) is 8.42. The van der Waals surface area contributed by atoms with Crippen molar-refractivity contribution in [3.63, 3.8) is 0 Å². The Kier molecular flexibility index (Phi) is 4.38. The van der Waals surface area contributed by atoms with Gasteiger partial charge in [-0.05, 0) is 6.07 Å². The zero-order valence-electron chi connectivity index (χ0n) is 10.2. The molecule has 0 radical (unpaired) electrons. The molecule has 1 amide bonds. The summed E-state index contributed by atoms with van der Waals surface area (Å²) in [7, 11) is 2.58. The topological polar surface area (TPSA) is 90.7 Å². The van der Waals surface area contributed by atoms with Crippen LogP contribution in [0.25, 0.3) is 0 Å². The van der Waals surface area contributed by atoms with E-state index in [4.69, 9.17) is 22.1 Å². The molecule has 98 valence electrons. The van der Waals surface area contributed by atoms with Gasteiger partial charge >= 0.3 is 5.97 Å². The molecular weight excluding hydrogens is 260 g/mol. The van der Waals surface area contributed by atoms with Crippen LogP contribution >= 0.6 is 11.6 Å². The van der Waals surface area contributed by atoms with Crippen molar-refractivity contribution in [3.05, 3.63) is 16.7 Å². The standard InChI is InChI=1S/C11H13ClN2O4/c1-5(15)14-9-7(12)4-6(11(16)18-3)10(17-2)8(9)13/h4H,13H2,1-3H3,(H,14,15). The van der Waals surface area contributed by atoms with Crippen LogP contribution < -0.4 is 15.8 Å². The highest BCUT2D eigenvalue weighted by Crippen LogP contribution is 2.39. The number of nitrogen functional groups attached to an aromatic ring is 1. The normalized spacial score (nSPS) is 9.78. The van der Waals surface area contributed by atoms with E-state index >= 15 is 0 Å². The van der Waals surface area contributed by atoms with Gasteiger partial charge in [0, 0.05) is 6.92 Å². The Balaban J connectivity index is 3.44. The number of nitrogens with two attached hydrogens (primary N) is 1. The molecule has 18 heavy (non-hydrogen) atoms. The average molecular weight is 273 g/mol. The fourth-order valence-electron chi connectivity index (χ4n) is 1.44. The molecule has 1 aromatic rings. The summed E-state index contributed by atoms with van der Waals surface area (Å²) in [5.74, 6) is -0.860. The molecule has 0 fully saturated rings. The van der Waals surface area contributed by atoms with Crippen molar-refractivity contribution in [3.8, 4) is 5.75 Å². The summed E-state index contributed by atoms with van der Waals surface area (Å²) in [5, 5.41) is 2.60. The van der Waals surface area contributed by atoms with Gasteiger partial charge in [0.1, 0.15) is 11.3 Å². The molecule has 0 heterocycles. The first-order valence-electron chi connectivity index (χ1n) is 4.94. The fourth-order valence-corrected chi connectivity index (χ4v) is 1.69. The number of halogens is 1. The summed E-state index contributed by atoms with van der Waals surface area (Å²) in [6.45, 7) is 1.32. The van der Waals surface area contributed by atoms with Crippen molar-refractivity contribution < 1.29 is 19.1 Å². The van der Waals surface area contributed by atoms with Crippen LogP contribution in [-0.4, -0.2) is 26.1 Å².